The molecule has 192 valence electrons. The lowest BCUT2D eigenvalue weighted by molar-refractivity contribution is -0.145. The molecule has 0 bridgehead atoms. The van der Waals surface area contributed by atoms with E-state index in [4.69, 9.17) is 9.47 Å². The molecule has 2 atom stereocenters. The summed E-state index contributed by atoms with van der Waals surface area (Å²) < 4.78 is 50.9. The quantitative estimate of drug-likeness (QED) is 0.584. The number of halogens is 3. The van der Waals surface area contributed by atoms with Gasteiger partial charge in [0.2, 0.25) is 0 Å². The number of ether oxygens (including phenoxy) is 2. The molecule has 8 nitrogen and oxygen atoms in total. The Labute approximate surface area is 200 Å². The Bertz CT molecular complexity index is 1140. The SMILES string of the molecule is COC(=O)[C@@H]1CC(C)(CCc2c(O)c(C(F)(F)F)nc3ccc(O)cc23)CN1C(=O)OC(C)(C)C. The molecule has 2 N–H and O–H groups in total. The van der Waals surface area contributed by atoms with E-state index < -0.39 is 46.7 Å². The van der Waals surface area contributed by atoms with E-state index in [-0.39, 0.29) is 48.0 Å². The number of aromatic nitrogens is 1. The molecule has 1 aliphatic rings. The van der Waals surface area contributed by atoms with E-state index >= 15 is 0 Å². The van der Waals surface area contributed by atoms with Gasteiger partial charge < -0.3 is 19.7 Å². The zero-order valence-corrected chi connectivity index (χ0v) is 20.2. The number of nitrogens with zero attached hydrogens (tertiary/aromatic N) is 2. The third-order valence-corrected chi connectivity index (χ3v) is 6.01. The number of phenolic OH excluding ortho intramolecular Hbond substituents is 1. The van der Waals surface area contributed by atoms with Crippen LogP contribution in [-0.4, -0.2) is 57.5 Å². The number of pyridine rings is 1. The summed E-state index contributed by atoms with van der Waals surface area (Å²) in [6, 6.07) is 2.79. The highest BCUT2D eigenvalue weighted by molar-refractivity contribution is 5.86. The van der Waals surface area contributed by atoms with E-state index in [0.717, 1.165) is 0 Å². The molecule has 1 aromatic carbocycles. The highest BCUT2D eigenvalue weighted by Gasteiger charge is 2.48. The van der Waals surface area contributed by atoms with Crippen molar-refractivity contribution in [1.82, 2.24) is 9.88 Å². The first kappa shape index (κ1) is 26.4. The lowest BCUT2D eigenvalue weighted by atomic mass is 9.81. The number of amides is 1. The summed E-state index contributed by atoms with van der Waals surface area (Å²) in [6.07, 6.45) is -5.19. The molecule has 2 aromatic rings. The van der Waals surface area contributed by atoms with Gasteiger partial charge in [0.25, 0.3) is 0 Å². The Morgan fingerprint density at radius 2 is 1.89 bits per heavy atom. The van der Waals surface area contributed by atoms with Gasteiger partial charge in [0, 0.05) is 17.5 Å². The number of alkyl halides is 3. The summed E-state index contributed by atoms with van der Waals surface area (Å²) in [4.78, 5) is 30.0. The largest absolute Gasteiger partial charge is 0.508 e. The first-order valence-electron chi connectivity index (χ1n) is 11.0. The number of phenols is 1. The third kappa shape index (κ3) is 5.71. The van der Waals surface area contributed by atoms with Crippen LogP contribution in [0.25, 0.3) is 10.9 Å². The fraction of sp³-hybridized carbons (Fsp3) is 0.542. The van der Waals surface area contributed by atoms with Crippen molar-refractivity contribution in [3.63, 3.8) is 0 Å². The predicted molar refractivity (Wildman–Crippen MR) is 120 cm³/mol. The number of aromatic hydroxyl groups is 2. The average molecular weight is 498 g/mol. The second kappa shape index (κ2) is 9.09. The Morgan fingerprint density at radius 3 is 2.46 bits per heavy atom. The van der Waals surface area contributed by atoms with Crippen molar-refractivity contribution in [1.29, 1.82) is 0 Å². The first-order valence-corrected chi connectivity index (χ1v) is 11.0. The highest BCUT2D eigenvalue weighted by Crippen LogP contribution is 2.44. The van der Waals surface area contributed by atoms with Crippen LogP contribution in [0.2, 0.25) is 0 Å². The van der Waals surface area contributed by atoms with Crippen LogP contribution >= 0.6 is 0 Å². The Hall–Kier alpha value is -3.24. The molecule has 1 aromatic heterocycles. The summed E-state index contributed by atoms with van der Waals surface area (Å²) in [6.45, 7) is 6.98. The van der Waals surface area contributed by atoms with Gasteiger partial charge in [0.15, 0.2) is 5.69 Å². The molecular formula is C24H29F3N2O6. The van der Waals surface area contributed by atoms with Crippen LogP contribution in [0.5, 0.6) is 11.5 Å². The van der Waals surface area contributed by atoms with Crippen molar-refractivity contribution in [2.45, 2.75) is 64.8 Å². The zero-order valence-electron chi connectivity index (χ0n) is 20.2. The average Bonchev–Trinajstić information content (AvgIpc) is 3.08. The smallest absolute Gasteiger partial charge is 0.437 e. The van der Waals surface area contributed by atoms with Crippen LogP contribution in [0.4, 0.5) is 18.0 Å². The minimum absolute atomic E-state index is 0.0233. The van der Waals surface area contributed by atoms with E-state index in [0.29, 0.717) is 0 Å². The van der Waals surface area contributed by atoms with Crippen LogP contribution in [0.1, 0.15) is 51.8 Å². The van der Waals surface area contributed by atoms with Gasteiger partial charge in [0.05, 0.1) is 12.6 Å². The summed E-state index contributed by atoms with van der Waals surface area (Å²) in [5.41, 5.74) is -2.96. The van der Waals surface area contributed by atoms with Gasteiger partial charge in [-0.3, -0.25) is 4.90 Å². The number of hydrogen-bond donors (Lipinski definition) is 2. The monoisotopic (exact) mass is 498 g/mol. The van der Waals surface area contributed by atoms with Crippen LogP contribution in [0.3, 0.4) is 0 Å². The molecule has 0 aliphatic carbocycles. The predicted octanol–water partition coefficient (Wildman–Crippen LogP) is 4.79. The molecule has 1 unspecified atom stereocenters. The molecule has 1 fully saturated rings. The van der Waals surface area contributed by atoms with Crippen LogP contribution in [0, 0.1) is 5.41 Å². The number of rotatable bonds is 4. The topological polar surface area (TPSA) is 109 Å². The molecule has 11 heteroatoms. The Kier molecular flexibility index (Phi) is 6.84. The van der Waals surface area contributed by atoms with Crippen molar-refractivity contribution in [2.75, 3.05) is 13.7 Å². The minimum atomic E-state index is -4.88. The lowest BCUT2D eigenvalue weighted by Crippen LogP contribution is -2.44. The van der Waals surface area contributed by atoms with Crippen LogP contribution in [0.15, 0.2) is 18.2 Å². The van der Waals surface area contributed by atoms with E-state index in [9.17, 15) is 33.0 Å². The number of methoxy groups -OCH3 is 1. The van der Waals surface area contributed by atoms with Gasteiger partial charge in [0.1, 0.15) is 23.1 Å². The summed E-state index contributed by atoms with van der Waals surface area (Å²) >= 11 is 0. The van der Waals surface area contributed by atoms with Gasteiger partial charge in [-0.05, 0) is 63.6 Å². The van der Waals surface area contributed by atoms with E-state index in [2.05, 4.69) is 4.98 Å². The van der Waals surface area contributed by atoms with Gasteiger partial charge in [-0.1, -0.05) is 6.92 Å². The fourth-order valence-electron chi connectivity index (χ4n) is 4.39. The Morgan fingerprint density at radius 1 is 1.23 bits per heavy atom. The molecule has 35 heavy (non-hydrogen) atoms. The number of benzene rings is 1. The minimum Gasteiger partial charge on any atom is -0.508 e. The van der Waals surface area contributed by atoms with Gasteiger partial charge >= 0.3 is 18.2 Å². The Balaban J connectivity index is 1.95. The van der Waals surface area contributed by atoms with Crippen LogP contribution < -0.4 is 0 Å². The van der Waals surface area contributed by atoms with Crippen LogP contribution in [-0.2, 0) is 26.9 Å². The zero-order chi connectivity index (χ0) is 26.3. The van der Waals surface area contributed by atoms with Crippen molar-refractivity contribution >= 4 is 23.0 Å². The van der Waals surface area contributed by atoms with E-state index in [1.807, 2.05) is 0 Å². The molecule has 2 heterocycles. The molecular weight excluding hydrogens is 469 g/mol. The van der Waals surface area contributed by atoms with Gasteiger partial charge in [-0.25, -0.2) is 14.6 Å². The molecule has 1 amide bonds. The molecule has 0 spiro atoms. The highest BCUT2D eigenvalue weighted by atomic mass is 19.4. The number of likely N-dealkylation sites (tertiary alicyclic amines) is 1. The van der Waals surface area contributed by atoms with Gasteiger partial charge in [-0.15, -0.1) is 0 Å². The summed E-state index contributed by atoms with van der Waals surface area (Å²) in [5.74, 6) is -1.82. The second-order valence-corrected chi connectivity index (χ2v) is 10.1. The van der Waals surface area contributed by atoms with Crippen molar-refractivity contribution in [3.8, 4) is 11.5 Å². The number of carbonyl (C=O) groups excluding carboxylic acids is 2. The molecule has 3 rings (SSSR count). The maximum absolute atomic E-state index is 13.5. The number of aryl methyl sites for hydroxylation is 1. The molecule has 1 saturated heterocycles. The van der Waals surface area contributed by atoms with Crippen molar-refractivity contribution in [3.05, 3.63) is 29.5 Å². The second-order valence-electron chi connectivity index (χ2n) is 10.1. The normalized spacial score (nSPS) is 20.8. The van der Waals surface area contributed by atoms with E-state index in [1.165, 1.54) is 30.2 Å². The van der Waals surface area contributed by atoms with Crippen molar-refractivity contribution < 1.29 is 42.4 Å². The lowest BCUT2D eigenvalue weighted by Gasteiger charge is -2.28. The standard InChI is InChI=1S/C24H29F3N2O6/c1-22(2,3)35-21(33)29-12-23(4,11-17(29)20(32)34-5)9-8-14-15-10-13(30)6-7-16(15)28-19(18(14)31)24(25,26)27/h6-7,10,17,30-31H,8-9,11-12H2,1-5H3/t17-,23?/m0/s1. The number of hydrogen-bond acceptors (Lipinski definition) is 7. The number of esters is 1. The molecule has 0 radical (unpaired) electrons. The van der Waals surface area contributed by atoms with E-state index in [1.54, 1.807) is 27.7 Å². The third-order valence-electron chi connectivity index (χ3n) is 6.01. The molecule has 0 saturated carbocycles. The summed E-state index contributed by atoms with van der Waals surface area (Å²) in [5, 5.41) is 20.6. The molecule has 1 aliphatic heterocycles. The first-order chi connectivity index (χ1) is 16.0. The maximum Gasteiger partial charge on any atom is 0.437 e. The van der Waals surface area contributed by atoms with Crippen molar-refractivity contribution in [2.24, 2.45) is 5.41 Å². The fourth-order valence-corrected chi connectivity index (χ4v) is 4.39. The summed E-state index contributed by atoms with van der Waals surface area (Å²) in [7, 11) is 1.21. The number of fused-ring (bicyclic) bond motifs is 1. The van der Waals surface area contributed by atoms with Gasteiger partial charge in [-0.2, -0.15) is 13.2 Å². The maximum atomic E-state index is 13.5. The number of carbonyl (C=O) groups is 2.